The normalized spacial score (nSPS) is 12.0. The molecule has 0 bridgehead atoms. The molecule has 128 valence electrons. The van der Waals surface area contributed by atoms with Gasteiger partial charge in [0.25, 0.3) is 15.7 Å². The summed E-state index contributed by atoms with van der Waals surface area (Å²) < 4.78 is 27.7. The van der Waals surface area contributed by atoms with Crippen LogP contribution in [0.15, 0.2) is 47.4 Å². The topological polar surface area (TPSA) is 89.3 Å². The molecule has 0 saturated heterocycles. The molecule has 0 aliphatic heterocycles. The number of anilines is 1. The lowest BCUT2D eigenvalue weighted by atomic mass is 9.86. The summed E-state index contributed by atoms with van der Waals surface area (Å²) in [7, 11) is -3.98. The fraction of sp³-hybridized carbons (Fsp3) is 0.250. The molecule has 0 radical (unpaired) electrons. The summed E-state index contributed by atoms with van der Waals surface area (Å²) in [5.74, 6) is 0. The summed E-state index contributed by atoms with van der Waals surface area (Å²) in [6.07, 6.45) is 0. The van der Waals surface area contributed by atoms with Gasteiger partial charge in [-0.2, -0.15) is 0 Å². The number of benzene rings is 2. The summed E-state index contributed by atoms with van der Waals surface area (Å²) in [5.41, 5.74) is 0.522. The van der Waals surface area contributed by atoms with E-state index in [1.165, 1.54) is 12.1 Å². The van der Waals surface area contributed by atoms with Gasteiger partial charge in [0.1, 0.15) is 5.02 Å². The maximum atomic E-state index is 12.6. The number of nitro groups is 1. The third-order valence-corrected chi connectivity index (χ3v) is 5.09. The van der Waals surface area contributed by atoms with Gasteiger partial charge in [0.05, 0.1) is 15.5 Å². The molecule has 6 nitrogen and oxygen atoms in total. The second-order valence-electron chi connectivity index (χ2n) is 6.27. The zero-order valence-corrected chi connectivity index (χ0v) is 15.0. The standard InChI is InChI=1S/C16H17ClN2O4S/c1-16(2,3)12-6-4-5-7-14(12)18-24(22,23)11-8-9-13(17)15(10-11)19(20)21/h4-10,18H,1-3H3. The Labute approximate surface area is 145 Å². The summed E-state index contributed by atoms with van der Waals surface area (Å²) in [5, 5.41) is 10.8. The summed E-state index contributed by atoms with van der Waals surface area (Å²) >= 11 is 5.73. The van der Waals surface area contributed by atoms with E-state index < -0.39 is 20.6 Å². The van der Waals surface area contributed by atoms with Gasteiger partial charge in [-0.25, -0.2) is 8.42 Å². The molecule has 0 unspecified atom stereocenters. The summed E-state index contributed by atoms with van der Waals surface area (Å²) in [6.45, 7) is 5.90. The van der Waals surface area contributed by atoms with Gasteiger partial charge < -0.3 is 0 Å². The highest BCUT2D eigenvalue weighted by Gasteiger charge is 2.24. The number of hydrogen-bond donors (Lipinski definition) is 1. The van der Waals surface area contributed by atoms with Crippen LogP contribution in [0.1, 0.15) is 26.3 Å². The minimum atomic E-state index is -3.98. The highest BCUT2D eigenvalue weighted by Crippen LogP contribution is 2.32. The van der Waals surface area contributed by atoms with Crippen LogP contribution in [0.3, 0.4) is 0 Å². The fourth-order valence-corrected chi connectivity index (χ4v) is 3.52. The lowest BCUT2D eigenvalue weighted by Crippen LogP contribution is -2.19. The number of halogens is 1. The molecule has 0 saturated carbocycles. The Morgan fingerprint density at radius 1 is 1.12 bits per heavy atom. The Hall–Kier alpha value is -2.12. The lowest BCUT2D eigenvalue weighted by molar-refractivity contribution is -0.384. The zero-order chi connectivity index (χ0) is 18.1. The largest absolute Gasteiger partial charge is 0.289 e. The number of nitrogens with zero attached hydrogens (tertiary/aromatic N) is 1. The maximum Gasteiger partial charge on any atom is 0.289 e. The second-order valence-corrected chi connectivity index (χ2v) is 8.36. The van der Waals surface area contributed by atoms with E-state index in [0.717, 1.165) is 11.6 Å². The molecular formula is C16H17ClN2O4S. The molecule has 0 aromatic heterocycles. The van der Waals surface area contributed by atoms with E-state index in [2.05, 4.69) is 4.72 Å². The average molecular weight is 369 g/mol. The lowest BCUT2D eigenvalue weighted by Gasteiger charge is -2.23. The van der Waals surface area contributed by atoms with Gasteiger partial charge in [-0.3, -0.25) is 14.8 Å². The van der Waals surface area contributed by atoms with E-state index in [-0.39, 0.29) is 15.3 Å². The second kappa shape index (κ2) is 6.41. The first-order chi connectivity index (χ1) is 11.0. The number of nitrogens with one attached hydrogen (secondary N) is 1. The van der Waals surface area contributed by atoms with Crippen molar-refractivity contribution >= 4 is 33.0 Å². The van der Waals surface area contributed by atoms with Crippen LogP contribution in [0.4, 0.5) is 11.4 Å². The van der Waals surface area contributed by atoms with E-state index >= 15 is 0 Å². The highest BCUT2D eigenvalue weighted by molar-refractivity contribution is 7.92. The molecule has 0 amide bonds. The van der Waals surface area contributed by atoms with Crippen molar-refractivity contribution < 1.29 is 13.3 Å². The van der Waals surface area contributed by atoms with Gasteiger partial charge >= 0.3 is 0 Å². The predicted molar refractivity (Wildman–Crippen MR) is 94.1 cm³/mol. The van der Waals surface area contributed by atoms with Gasteiger partial charge in [0, 0.05) is 6.07 Å². The maximum absolute atomic E-state index is 12.6. The number of hydrogen-bond acceptors (Lipinski definition) is 4. The smallest absolute Gasteiger partial charge is 0.279 e. The van der Waals surface area contributed by atoms with Crippen molar-refractivity contribution in [2.24, 2.45) is 0 Å². The third kappa shape index (κ3) is 3.85. The fourth-order valence-electron chi connectivity index (χ4n) is 2.23. The van der Waals surface area contributed by atoms with Crippen LogP contribution in [0.5, 0.6) is 0 Å². The Kier molecular flexibility index (Phi) is 4.87. The molecule has 0 fully saturated rings. The minimum Gasteiger partial charge on any atom is -0.279 e. The first kappa shape index (κ1) is 18.2. The first-order valence-electron chi connectivity index (χ1n) is 7.08. The summed E-state index contributed by atoms with van der Waals surface area (Å²) in [6, 6.07) is 10.4. The van der Waals surface area contributed by atoms with E-state index in [1.54, 1.807) is 12.1 Å². The van der Waals surface area contributed by atoms with Crippen molar-refractivity contribution in [2.75, 3.05) is 4.72 Å². The van der Waals surface area contributed by atoms with Gasteiger partial charge in [0.2, 0.25) is 0 Å². The number of nitro benzene ring substituents is 1. The number of para-hydroxylation sites is 1. The van der Waals surface area contributed by atoms with Crippen molar-refractivity contribution in [3.63, 3.8) is 0 Å². The molecule has 24 heavy (non-hydrogen) atoms. The van der Waals surface area contributed by atoms with Gasteiger partial charge in [-0.1, -0.05) is 50.6 Å². The van der Waals surface area contributed by atoms with Crippen LogP contribution in [-0.4, -0.2) is 13.3 Å². The zero-order valence-electron chi connectivity index (χ0n) is 13.4. The Balaban J connectivity index is 2.48. The Bertz CT molecular complexity index is 889. The van der Waals surface area contributed by atoms with Gasteiger partial charge in [-0.15, -0.1) is 0 Å². The van der Waals surface area contributed by atoms with E-state index in [4.69, 9.17) is 11.6 Å². The first-order valence-corrected chi connectivity index (χ1v) is 8.95. The number of rotatable bonds is 4. The molecule has 0 aliphatic rings. The SMILES string of the molecule is CC(C)(C)c1ccccc1NS(=O)(=O)c1ccc(Cl)c([N+](=O)[O-])c1. The van der Waals surface area contributed by atoms with Crippen LogP contribution in [0.25, 0.3) is 0 Å². The summed E-state index contributed by atoms with van der Waals surface area (Å²) in [4.78, 5) is 10.0. The van der Waals surface area contributed by atoms with Crippen molar-refractivity contribution in [1.82, 2.24) is 0 Å². The number of sulfonamides is 1. The van der Waals surface area contributed by atoms with E-state index in [0.29, 0.717) is 5.69 Å². The molecule has 1 N–H and O–H groups in total. The monoisotopic (exact) mass is 368 g/mol. The van der Waals surface area contributed by atoms with Gasteiger partial charge in [-0.05, 0) is 29.2 Å². The Morgan fingerprint density at radius 3 is 2.33 bits per heavy atom. The minimum absolute atomic E-state index is 0.117. The van der Waals surface area contributed by atoms with Crippen LogP contribution in [0, 0.1) is 10.1 Å². The molecular weight excluding hydrogens is 352 g/mol. The quantitative estimate of drug-likeness (QED) is 0.641. The van der Waals surface area contributed by atoms with Crippen LogP contribution in [0.2, 0.25) is 5.02 Å². The average Bonchev–Trinajstić information content (AvgIpc) is 2.46. The predicted octanol–water partition coefficient (Wildman–Crippen LogP) is 4.35. The highest BCUT2D eigenvalue weighted by atomic mass is 35.5. The molecule has 2 aromatic rings. The van der Waals surface area contributed by atoms with E-state index in [9.17, 15) is 18.5 Å². The van der Waals surface area contributed by atoms with Gasteiger partial charge in [0.15, 0.2) is 0 Å². The van der Waals surface area contributed by atoms with Crippen molar-refractivity contribution in [2.45, 2.75) is 31.1 Å². The molecule has 0 spiro atoms. The molecule has 8 heteroatoms. The molecule has 0 atom stereocenters. The van der Waals surface area contributed by atoms with Crippen LogP contribution >= 0.6 is 11.6 Å². The molecule has 0 heterocycles. The van der Waals surface area contributed by atoms with E-state index in [1.807, 2.05) is 32.9 Å². The van der Waals surface area contributed by atoms with Crippen molar-refractivity contribution in [1.29, 1.82) is 0 Å². The van der Waals surface area contributed by atoms with Crippen molar-refractivity contribution in [3.05, 3.63) is 63.2 Å². The molecule has 2 rings (SSSR count). The molecule has 0 aliphatic carbocycles. The molecule has 2 aromatic carbocycles. The van der Waals surface area contributed by atoms with Crippen LogP contribution in [-0.2, 0) is 15.4 Å². The Morgan fingerprint density at radius 2 is 1.75 bits per heavy atom. The van der Waals surface area contributed by atoms with Crippen LogP contribution < -0.4 is 4.72 Å². The van der Waals surface area contributed by atoms with Crippen molar-refractivity contribution in [3.8, 4) is 0 Å². The third-order valence-electron chi connectivity index (χ3n) is 3.40.